The highest BCUT2D eigenvalue weighted by Gasteiger charge is 2.01. The van der Waals surface area contributed by atoms with E-state index >= 15 is 0 Å². The summed E-state index contributed by atoms with van der Waals surface area (Å²) in [6.45, 7) is 5.93. The summed E-state index contributed by atoms with van der Waals surface area (Å²) in [5.41, 5.74) is 0. The van der Waals surface area contributed by atoms with Crippen molar-refractivity contribution in [3.8, 4) is 0 Å². The Bertz CT molecular complexity index is 526. The van der Waals surface area contributed by atoms with Crippen molar-refractivity contribution in [2.24, 2.45) is 0 Å². The van der Waals surface area contributed by atoms with Crippen molar-refractivity contribution in [3.63, 3.8) is 0 Å². The first-order chi connectivity index (χ1) is 15.3. The largest absolute Gasteiger partial charge is 0.463 e. The fourth-order valence-electron chi connectivity index (χ4n) is 2.71. The van der Waals surface area contributed by atoms with E-state index in [0.29, 0.717) is 19.6 Å². The molecule has 0 aromatic heterocycles. The number of rotatable bonds is 21. The molecule has 0 unspecified atom stereocenters. The lowest BCUT2D eigenvalue weighted by molar-refractivity contribution is -0.145. The van der Waals surface area contributed by atoms with Crippen LogP contribution in [-0.2, 0) is 14.3 Å². The normalized spacial score (nSPS) is 12.5. The minimum atomic E-state index is -0.103. The standard InChI is InChI=1S/C28H46O3/c1-3-5-7-8-9-10-11-12-13-14-15-16-17-18-19-20-21-22-23-24-28(29)31-27-26-30-25-6-4-2/h5,7,9-10,12-13,15-16,18-19H,3-4,6,8,11,14,17,20-27H2,1-2H3/b7-5-,10-9-,13-12-,16-15-,19-18-. The Labute approximate surface area is 192 Å². The molecule has 31 heavy (non-hydrogen) atoms. The fourth-order valence-corrected chi connectivity index (χ4v) is 2.71. The van der Waals surface area contributed by atoms with Crippen molar-refractivity contribution in [1.82, 2.24) is 0 Å². The van der Waals surface area contributed by atoms with Gasteiger partial charge >= 0.3 is 5.97 Å². The molecule has 0 fully saturated rings. The molecule has 0 N–H and O–H groups in total. The van der Waals surface area contributed by atoms with Crippen LogP contribution in [0.2, 0.25) is 0 Å². The summed E-state index contributed by atoms with van der Waals surface area (Å²) in [5, 5.41) is 0. The van der Waals surface area contributed by atoms with Gasteiger partial charge in [0.05, 0.1) is 6.61 Å². The Morgan fingerprint density at radius 3 is 1.77 bits per heavy atom. The maximum absolute atomic E-state index is 11.6. The maximum atomic E-state index is 11.6. The average Bonchev–Trinajstić information content (AvgIpc) is 2.77. The first kappa shape index (κ1) is 29.1. The predicted molar refractivity (Wildman–Crippen MR) is 134 cm³/mol. The summed E-state index contributed by atoms with van der Waals surface area (Å²) in [5.74, 6) is -0.103. The molecule has 0 bridgehead atoms. The lowest BCUT2D eigenvalue weighted by Gasteiger charge is -2.05. The van der Waals surface area contributed by atoms with E-state index in [1.54, 1.807) is 0 Å². The van der Waals surface area contributed by atoms with Gasteiger partial charge in [0, 0.05) is 13.0 Å². The van der Waals surface area contributed by atoms with E-state index in [4.69, 9.17) is 9.47 Å². The van der Waals surface area contributed by atoms with E-state index in [1.807, 2.05) is 0 Å². The molecule has 3 nitrogen and oxygen atoms in total. The number of unbranched alkanes of at least 4 members (excludes halogenated alkanes) is 4. The second-order valence-electron chi connectivity index (χ2n) is 7.49. The quantitative estimate of drug-likeness (QED) is 0.105. The number of esters is 1. The number of ether oxygens (including phenoxy) is 2. The summed E-state index contributed by atoms with van der Waals surface area (Å²) < 4.78 is 10.5. The topological polar surface area (TPSA) is 35.5 Å². The highest BCUT2D eigenvalue weighted by molar-refractivity contribution is 5.69. The van der Waals surface area contributed by atoms with Gasteiger partial charge in [0.2, 0.25) is 0 Å². The van der Waals surface area contributed by atoms with Crippen LogP contribution in [0.1, 0.15) is 90.9 Å². The van der Waals surface area contributed by atoms with E-state index < -0.39 is 0 Å². The Morgan fingerprint density at radius 1 is 0.613 bits per heavy atom. The first-order valence-corrected chi connectivity index (χ1v) is 12.3. The van der Waals surface area contributed by atoms with Gasteiger partial charge in [-0.05, 0) is 57.8 Å². The molecule has 0 saturated carbocycles. The van der Waals surface area contributed by atoms with Gasteiger partial charge in [-0.2, -0.15) is 0 Å². The zero-order valence-corrected chi connectivity index (χ0v) is 20.1. The van der Waals surface area contributed by atoms with E-state index in [9.17, 15) is 4.79 Å². The van der Waals surface area contributed by atoms with Crippen LogP contribution in [0.5, 0.6) is 0 Å². The lowest BCUT2D eigenvalue weighted by Crippen LogP contribution is -2.10. The molecule has 0 heterocycles. The predicted octanol–water partition coefficient (Wildman–Crippen LogP) is 8.05. The molecule has 0 rings (SSSR count). The minimum Gasteiger partial charge on any atom is -0.463 e. The van der Waals surface area contributed by atoms with Crippen LogP contribution in [0.3, 0.4) is 0 Å². The number of carbonyl (C=O) groups excluding carboxylic acids is 1. The van der Waals surface area contributed by atoms with Crippen LogP contribution < -0.4 is 0 Å². The molecule has 0 aliphatic heterocycles. The van der Waals surface area contributed by atoms with Gasteiger partial charge in [0.1, 0.15) is 6.61 Å². The zero-order valence-electron chi connectivity index (χ0n) is 20.1. The Kier molecular flexibility index (Phi) is 24.6. The van der Waals surface area contributed by atoms with Gasteiger partial charge in [0.25, 0.3) is 0 Å². The van der Waals surface area contributed by atoms with Crippen molar-refractivity contribution < 1.29 is 14.3 Å². The SMILES string of the molecule is CC/C=C\C/C=C\C/C=C\C/C=C\C/C=C\CCCCCC(=O)OCCOCCCC. The summed E-state index contributed by atoms with van der Waals surface area (Å²) in [7, 11) is 0. The lowest BCUT2D eigenvalue weighted by atomic mass is 10.1. The average molecular weight is 431 g/mol. The van der Waals surface area contributed by atoms with Crippen molar-refractivity contribution in [1.29, 1.82) is 0 Å². The van der Waals surface area contributed by atoms with E-state index in [1.165, 1.54) is 0 Å². The van der Waals surface area contributed by atoms with Gasteiger partial charge in [-0.3, -0.25) is 4.79 Å². The molecule has 0 aliphatic carbocycles. The van der Waals surface area contributed by atoms with Gasteiger partial charge in [-0.15, -0.1) is 0 Å². The second kappa shape index (κ2) is 26.2. The van der Waals surface area contributed by atoms with Crippen LogP contribution >= 0.6 is 0 Å². The van der Waals surface area contributed by atoms with Gasteiger partial charge in [-0.1, -0.05) is 87.4 Å². The molecule has 0 spiro atoms. The molecule has 176 valence electrons. The van der Waals surface area contributed by atoms with Crippen molar-refractivity contribution in [3.05, 3.63) is 60.8 Å². The summed E-state index contributed by atoms with van der Waals surface area (Å²) in [4.78, 5) is 11.6. The third-order valence-electron chi connectivity index (χ3n) is 4.54. The van der Waals surface area contributed by atoms with E-state index in [-0.39, 0.29) is 5.97 Å². The Morgan fingerprint density at radius 2 is 1.19 bits per heavy atom. The molecule has 0 aliphatic rings. The summed E-state index contributed by atoms with van der Waals surface area (Å²) >= 11 is 0. The van der Waals surface area contributed by atoms with Crippen LogP contribution in [0.4, 0.5) is 0 Å². The third kappa shape index (κ3) is 26.1. The molecule has 0 aromatic rings. The summed E-state index contributed by atoms with van der Waals surface area (Å²) in [6.07, 6.45) is 34.2. The van der Waals surface area contributed by atoms with E-state index in [2.05, 4.69) is 74.6 Å². The number of hydrogen-bond acceptors (Lipinski definition) is 3. The molecule has 0 saturated heterocycles. The number of hydrogen-bond donors (Lipinski definition) is 0. The van der Waals surface area contributed by atoms with E-state index in [0.717, 1.165) is 77.2 Å². The first-order valence-electron chi connectivity index (χ1n) is 12.3. The molecule has 0 aromatic carbocycles. The van der Waals surface area contributed by atoms with Gasteiger partial charge in [0.15, 0.2) is 0 Å². The Balaban J connectivity index is 3.42. The van der Waals surface area contributed by atoms with Crippen LogP contribution in [0.15, 0.2) is 60.8 Å². The monoisotopic (exact) mass is 430 g/mol. The second-order valence-corrected chi connectivity index (χ2v) is 7.49. The molecule has 0 amide bonds. The van der Waals surface area contributed by atoms with Crippen molar-refractivity contribution in [2.75, 3.05) is 19.8 Å². The smallest absolute Gasteiger partial charge is 0.305 e. The number of allylic oxidation sites excluding steroid dienone is 10. The van der Waals surface area contributed by atoms with Crippen LogP contribution in [0, 0.1) is 0 Å². The van der Waals surface area contributed by atoms with Crippen molar-refractivity contribution in [2.45, 2.75) is 90.9 Å². The van der Waals surface area contributed by atoms with Gasteiger partial charge in [-0.25, -0.2) is 0 Å². The molecular formula is C28H46O3. The van der Waals surface area contributed by atoms with Crippen molar-refractivity contribution >= 4 is 5.97 Å². The van der Waals surface area contributed by atoms with Crippen LogP contribution in [-0.4, -0.2) is 25.8 Å². The molecule has 0 radical (unpaired) electrons. The zero-order chi connectivity index (χ0) is 22.7. The highest BCUT2D eigenvalue weighted by Crippen LogP contribution is 2.05. The summed E-state index contributed by atoms with van der Waals surface area (Å²) in [6, 6.07) is 0. The maximum Gasteiger partial charge on any atom is 0.305 e. The molecule has 3 heteroatoms. The van der Waals surface area contributed by atoms with Crippen LogP contribution in [0.25, 0.3) is 0 Å². The molecular weight excluding hydrogens is 384 g/mol. The highest BCUT2D eigenvalue weighted by atomic mass is 16.6. The molecule has 0 atom stereocenters. The number of carbonyl (C=O) groups is 1. The minimum absolute atomic E-state index is 0.103. The van der Waals surface area contributed by atoms with Gasteiger partial charge < -0.3 is 9.47 Å². The fraction of sp³-hybridized carbons (Fsp3) is 0.607. The Hall–Kier alpha value is -1.87. The third-order valence-corrected chi connectivity index (χ3v) is 4.54.